The zero-order valence-electron chi connectivity index (χ0n) is 11.9. The lowest BCUT2D eigenvalue weighted by atomic mass is 9.93. The van der Waals surface area contributed by atoms with Gasteiger partial charge in [-0.2, -0.15) is 0 Å². The Balaban J connectivity index is 1.72. The van der Waals surface area contributed by atoms with Crippen LogP contribution in [0.1, 0.15) is 52.7 Å². The van der Waals surface area contributed by atoms with Crippen molar-refractivity contribution in [2.24, 2.45) is 0 Å². The van der Waals surface area contributed by atoms with Gasteiger partial charge >= 0.3 is 0 Å². The number of aryl methyl sites for hydroxylation is 2. The molecule has 102 valence electrons. The first-order chi connectivity index (χ1) is 9.86. The minimum atomic E-state index is 0.505. The summed E-state index contributed by atoms with van der Waals surface area (Å²) in [6.45, 7) is 0. The van der Waals surface area contributed by atoms with Crippen LogP contribution in [0.25, 0.3) is 0 Å². The molecule has 2 aliphatic carbocycles. The van der Waals surface area contributed by atoms with E-state index in [1.165, 1.54) is 53.6 Å². The Bertz CT molecular complexity index is 648. The normalized spacial score (nSPS) is 23.6. The monoisotopic (exact) mass is 264 g/mol. The molecule has 0 fully saturated rings. The lowest BCUT2D eigenvalue weighted by molar-refractivity contribution is 0.590. The van der Waals surface area contributed by atoms with E-state index >= 15 is 0 Å². The van der Waals surface area contributed by atoms with E-state index < -0.39 is 0 Å². The maximum absolute atomic E-state index is 4.63. The van der Waals surface area contributed by atoms with E-state index in [9.17, 15) is 0 Å². The van der Waals surface area contributed by atoms with Crippen LogP contribution in [-0.2, 0) is 12.8 Å². The number of aromatic nitrogens is 1. The van der Waals surface area contributed by atoms with E-state index in [2.05, 4.69) is 47.7 Å². The van der Waals surface area contributed by atoms with Crippen LogP contribution in [0.3, 0.4) is 0 Å². The molecule has 2 aliphatic rings. The molecule has 1 aromatic carbocycles. The molecule has 0 amide bonds. The second kappa shape index (κ2) is 4.71. The molecular weight excluding hydrogens is 244 g/mol. The van der Waals surface area contributed by atoms with Crippen molar-refractivity contribution >= 4 is 0 Å². The van der Waals surface area contributed by atoms with Gasteiger partial charge in [-0.15, -0.1) is 0 Å². The lowest BCUT2D eigenvalue weighted by Gasteiger charge is -2.14. The number of pyridine rings is 1. The van der Waals surface area contributed by atoms with Crippen molar-refractivity contribution in [3.8, 4) is 0 Å². The summed E-state index contributed by atoms with van der Waals surface area (Å²) in [5, 5.41) is 3.41. The Kier molecular flexibility index (Phi) is 2.85. The summed E-state index contributed by atoms with van der Waals surface area (Å²) >= 11 is 0. The standard InChI is InChI=1S/C18H20N2/c1-19-17-9-6-13-11-14(5-7-15(13)17)16-8-4-12-3-2-10-20-18(12)16/h2-3,5,7,10-11,16-17,19H,4,6,8-9H2,1H3. The van der Waals surface area contributed by atoms with E-state index in [4.69, 9.17) is 0 Å². The van der Waals surface area contributed by atoms with Crippen molar-refractivity contribution in [3.05, 3.63) is 64.5 Å². The molecular formula is C18H20N2. The Hall–Kier alpha value is -1.67. The Morgan fingerprint density at radius 3 is 2.90 bits per heavy atom. The molecule has 0 aliphatic heterocycles. The molecule has 1 aromatic heterocycles. The Morgan fingerprint density at radius 2 is 2.00 bits per heavy atom. The molecule has 0 spiro atoms. The number of hydrogen-bond donors (Lipinski definition) is 1. The topological polar surface area (TPSA) is 24.9 Å². The van der Waals surface area contributed by atoms with Gasteiger partial charge in [0.1, 0.15) is 0 Å². The van der Waals surface area contributed by atoms with Crippen LogP contribution in [0, 0.1) is 0 Å². The van der Waals surface area contributed by atoms with Crippen LogP contribution in [-0.4, -0.2) is 12.0 Å². The van der Waals surface area contributed by atoms with Crippen LogP contribution in [0.15, 0.2) is 36.5 Å². The van der Waals surface area contributed by atoms with Gasteiger partial charge in [0, 0.05) is 18.2 Å². The summed E-state index contributed by atoms with van der Waals surface area (Å²) in [7, 11) is 2.06. The molecule has 2 atom stereocenters. The second-order valence-electron chi connectivity index (χ2n) is 5.98. The van der Waals surface area contributed by atoms with Gasteiger partial charge in [-0.1, -0.05) is 24.3 Å². The van der Waals surface area contributed by atoms with E-state index in [-0.39, 0.29) is 0 Å². The summed E-state index contributed by atoms with van der Waals surface area (Å²) in [6.07, 6.45) is 6.75. The zero-order valence-corrected chi connectivity index (χ0v) is 11.9. The summed E-state index contributed by atoms with van der Waals surface area (Å²) in [6, 6.07) is 11.9. The third-order valence-corrected chi connectivity index (χ3v) is 4.95. The van der Waals surface area contributed by atoms with Crippen LogP contribution >= 0.6 is 0 Å². The maximum Gasteiger partial charge on any atom is 0.0510 e. The van der Waals surface area contributed by atoms with Crippen molar-refractivity contribution in [2.75, 3.05) is 7.05 Å². The molecule has 1 heterocycles. The smallest absolute Gasteiger partial charge is 0.0510 e. The predicted molar refractivity (Wildman–Crippen MR) is 81.0 cm³/mol. The van der Waals surface area contributed by atoms with Gasteiger partial charge in [-0.25, -0.2) is 0 Å². The molecule has 0 saturated carbocycles. The highest BCUT2D eigenvalue weighted by atomic mass is 14.9. The average Bonchev–Trinajstić information content (AvgIpc) is 3.10. The molecule has 2 unspecified atom stereocenters. The largest absolute Gasteiger partial charge is 0.313 e. The van der Waals surface area contributed by atoms with E-state index in [1.54, 1.807) is 0 Å². The predicted octanol–water partition coefficient (Wildman–Crippen LogP) is 3.37. The maximum atomic E-state index is 4.63. The van der Waals surface area contributed by atoms with Gasteiger partial charge in [0.2, 0.25) is 0 Å². The third kappa shape index (κ3) is 1.79. The average molecular weight is 264 g/mol. The molecule has 2 nitrogen and oxygen atoms in total. The summed E-state index contributed by atoms with van der Waals surface area (Å²) < 4.78 is 0. The van der Waals surface area contributed by atoms with Crippen molar-refractivity contribution in [1.29, 1.82) is 0 Å². The van der Waals surface area contributed by atoms with Crippen molar-refractivity contribution in [2.45, 2.75) is 37.6 Å². The van der Waals surface area contributed by atoms with Gasteiger partial charge in [-0.05, 0) is 61.1 Å². The third-order valence-electron chi connectivity index (χ3n) is 4.95. The SMILES string of the molecule is CNC1CCc2cc(C3CCc4cccnc43)ccc21. The molecule has 2 heteroatoms. The number of fused-ring (bicyclic) bond motifs is 2. The van der Waals surface area contributed by atoms with Crippen LogP contribution < -0.4 is 5.32 Å². The summed E-state index contributed by atoms with van der Waals surface area (Å²) in [4.78, 5) is 4.63. The minimum Gasteiger partial charge on any atom is -0.313 e. The second-order valence-corrected chi connectivity index (χ2v) is 5.98. The number of rotatable bonds is 2. The Labute approximate surface area is 120 Å². The number of hydrogen-bond acceptors (Lipinski definition) is 2. The van der Waals surface area contributed by atoms with Gasteiger partial charge in [0.05, 0.1) is 5.69 Å². The fraction of sp³-hybridized carbons (Fsp3) is 0.389. The van der Waals surface area contributed by atoms with Crippen LogP contribution in [0.5, 0.6) is 0 Å². The molecule has 0 bridgehead atoms. The molecule has 0 saturated heterocycles. The van der Waals surface area contributed by atoms with Crippen molar-refractivity contribution in [3.63, 3.8) is 0 Å². The highest BCUT2D eigenvalue weighted by Gasteiger charge is 2.27. The van der Waals surface area contributed by atoms with Crippen molar-refractivity contribution < 1.29 is 0 Å². The van der Waals surface area contributed by atoms with Gasteiger partial charge in [0.15, 0.2) is 0 Å². The van der Waals surface area contributed by atoms with E-state index in [0.717, 1.165) is 0 Å². The number of benzene rings is 1. The van der Waals surface area contributed by atoms with Gasteiger partial charge in [-0.3, -0.25) is 4.98 Å². The molecule has 2 aromatic rings. The minimum absolute atomic E-state index is 0.505. The first kappa shape index (κ1) is 12.1. The first-order valence-corrected chi connectivity index (χ1v) is 7.60. The summed E-state index contributed by atoms with van der Waals surface area (Å²) in [5.74, 6) is 0.505. The van der Waals surface area contributed by atoms with Crippen molar-refractivity contribution in [1.82, 2.24) is 10.3 Å². The first-order valence-electron chi connectivity index (χ1n) is 7.60. The highest BCUT2D eigenvalue weighted by molar-refractivity contribution is 5.44. The molecule has 4 rings (SSSR count). The van der Waals surface area contributed by atoms with Gasteiger partial charge in [0.25, 0.3) is 0 Å². The molecule has 1 N–H and O–H groups in total. The van der Waals surface area contributed by atoms with E-state index in [0.29, 0.717) is 12.0 Å². The molecule has 0 radical (unpaired) electrons. The summed E-state index contributed by atoms with van der Waals surface area (Å²) in [5.41, 5.74) is 7.22. The van der Waals surface area contributed by atoms with E-state index in [1.807, 2.05) is 6.20 Å². The number of nitrogens with zero attached hydrogens (tertiary/aromatic N) is 1. The lowest BCUT2D eigenvalue weighted by Crippen LogP contribution is -2.12. The fourth-order valence-electron chi connectivity index (χ4n) is 3.89. The van der Waals surface area contributed by atoms with Gasteiger partial charge < -0.3 is 5.32 Å². The zero-order chi connectivity index (χ0) is 13.5. The molecule has 20 heavy (non-hydrogen) atoms. The Morgan fingerprint density at radius 1 is 1.10 bits per heavy atom. The quantitative estimate of drug-likeness (QED) is 0.899. The fourth-order valence-corrected chi connectivity index (χ4v) is 3.89. The number of nitrogens with one attached hydrogen (secondary N) is 1. The highest BCUT2D eigenvalue weighted by Crippen LogP contribution is 2.39. The van der Waals surface area contributed by atoms with Crippen LogP contribution in [0.4, 0.5) is 0 Å². The van der Waals surface area contributed by atoms with Crippen LogP contribution in [0.2, 0.25) is 0 Å².